The summed E-state index contributed by atoms with van der Waals surface area (Å²) in [5, 5.41) is 12.8. The molecule has 1 unspecified atom stereocenters. The van der Waals surface area contributed by atoms with Gasteiger partial charge in [-0.25, -0.2) is 0 Å². The zero-order chi connectivity index (χ0) is 14.3. The van der Waals surface area contributed by atoms with E-state index in [1.54, 1.807) is 25.1 Å². The second kappa shape index (κ2) is 6.95. The Hall–Kier alpha value is -1.81. The van der Waals surface area contributed by atoms with E-state index in [1.807, 2.05) is 19.9 Å². The number of hydrogen-bond acceptors (Lipinski definition) is 3. The highest BCUT2D eigenvalue weighted by Gasteiger charge is 2.26. The Labute approximate surface area is 113 Å². The Bertz CT molecular complexity index is 456. The van der Waals surface area contributed by atoms with Crippen molar-refractivity contribution in [1.82, 2.24) is 5.32 Å². The Balaban J connectivity index is 2.51. The summed E-state index contributed by atoms with van der Waals surface area (Å²) in [5.74, 6) is 0.194. The molecule has 4 nitrogen and oxygen atoms in total. The zero-order valence-electron chi connectivity index (χ0n) is 11.6. The molecule has 1 aromatic heterocycles. The minimum Gasteiger partial charge on any atom is -0.466 e. The Morgan fingerprint density at radius 1 is 1.53 bits per heavy atom. The first kappa shape index (κ1) is 15.2. The number of carbonyl (C=O) groups excluding carboxylic acids is 1. The lowest BCUT2D eigenvalue weighted by Crippen LogP contribution is -2.37. The zero-order valence-corrected chi connectivity index (χ0v) is 11.6. The van der Waals surface area contributed by atoms with Gasteiger partial charge < -0.3 is 14.8 Å². The molecule has 0 aliphatic rings. The molecule has 2 N–H and O–H groups in total. The van der Waals surface area contributed by atoms with Gasteiger partial charge in [-0.3, -0.25) is 4.79 Å². The molecule has 19 heavy (non-hydrogen) atoms. The predicted molar refractivity (Wildman–Crippen MR) is 74.5 cm³/mol. The van der Waals surface area contributed by atoms with Crippen molar-refractivity contribution in [3.05, 3.63) is 48.0 Å². The minimum absolute atomic E-state index is 0.0982. The van der Waals surface area contributed by atoms with E-state index in [4.69, 9.17) is 4.42 Å². The number of aliphatic hydroxyl groups is 1. The van der Waals surface area contributed by atoms with Gasteiger partial charge in [-0.15, -0.1) is 0 Å². The Morgan fingerprint density at radius 2 is 2.26 bits per heavy atom. The number of furan rings is 1. The third-order valence-electron chi connectivity index (χ3n) is 2.89. The van der Waals surface area contributed by atoms with Crippen LogP contribution in [-0.2, 0) is 10.4 Å². The Kier molecular flexibility index (Phi) is 5.57. The van der Waals surface area contributed by atoms with Crippen LogP contribution in [0.1, 0.15) is 33.0 Å². The van der Waals surface area contributed by atoms with Crippen LogP contribution in [0.4, 0.5) is 0 Å². The second-order valence-corrected chi connectivity index (χ2v) is 4.52. The summed E-state index contributed by atoms with van der Waals surface area (Å²) in [6.45, 7) is 5.66. The monoisotopic (exact) mass is 263 g/mol. The molecule has 1 rings (SSSR count). The maximum atomic E-state index is 11.6. The summed E-state index contributed by atoms with van der Waals surface area (Å²) in [7, 11) is 0. The fourth-order valence-electron chi connectivity index (χ4n) is 1.59. The molecule has 1 amide bonds. The second-order valence-electron chi connectivity index (χ2n) is 4.52. The van der Waals surface area contributed by atoms with Crippen molar-refractivity contribution in [3.8, 4) is 0 Å². The lowest BCUT2D eigenvalue weighted by atomic mass is 10.0. The molecule has 0 saturated carbocycles. The number of amides is 1. The highest BCUT2D eigenvalue weighted by atomic mass is 16.4. The summed E-state index contributed by atoms with van der Waals surface area (Å²) < 4.78 is 5.14. The minimum atomic E-state index is -1.21. The number of allylic oxidation sites excluding steroid dienone is 3. The van der Waals surface area contributed by atoms with E-state index >= 15 is 0 Å². The molecule has 4 heteroatoms. The standard InChI is InChI=1S/C15H21NO3/c1-4-12(5-2)8-9-14(17)16-11-15(3,18)13-7-6-10-19-13/h4,6-10,18H,5,11H2,1-3H3,(H,16,17). The SMILES string of the molecule is CC=C(C=CC(=O)NCC(C)(O)c1ccco1)CC. The van der Waals surface area contributed by atoms with E-state index in [1.165, 1.54) is 12.3 Å². The lowest BCUT2D eigenvalue weighted by Gasteiger charge is -2.20. The smallest absolute Gasteiger partial charge is 0.244 e. The summed E-state index contributed by atoms with van der Waals surface area (Å²) >= 11 is 0. The number of hydrogen-bond donors (Lipinski definition) is 2. The largest absolute Gasteiger partial charge is 0.466 e. The quantitative estimate of drug-likeness (QED) is 0.612. The van der Waals surface area contributed by atoms with Crippen LogP contribution in [0.3, 0.4) is 0 Å². The van der Waals surface area contributed by atoms with Crippen LogP contribution in [0.25, 0.3) is 0 Å². The van der Waals surface area contributed by atoms with Gasteiger partial charge in [-0.2, -0.15) is 0 Å². The van der Waals surface area contributed by atoms with Crippen LogP contribution in [0.2, 0.25) is 0 Å². The molecule has 0 spiro atoms. The molecule has 0 radical (unpaired) electrons. The van der Waals surface area contributed by atoms with Gasteiger partial charge in [0, 0.05) is 6.08 Å². The maximum Gasteiger partial charge on any atom is 0.244 e. The van der Waals surface area contributed by atoms with Crippen molar-refractivity contribution >= 4 is 5.91 Å². The lowest BCUT2D eigenvalue weighted by molar-refractivity contribution is -0.117. The first-order valence-electron chi connectivity index (χ1n) is 6.37. The molecule has 104 valence electrons. The number of rotatable bonds is 6. The predicted octanol–water partition coefficient (Wildman–Crippen LogP) is 2.52. The Morgan fingerprint density at radius 3 is 2.79 bits per heavy atom. The number of carbonyl (C=O) groups is 1. The van der Waals surface area contributed by atoms with E-state index < -0.39 is 5.60 Å². The summed E-state index contributed by atoms with van der Waals surface area (Å²) in [6.07, 6.45) is 7.58. The van der Waals surface area contributed by atoms with E-state index in [9.17, 15) is 9.90 Å². The average molecular weight is 263 g/mol. The van der Waals surface area contributed by atoms with Crippen molar-refractivity contribution in [3.63, 3.8) is 0 Å². The molecule has 0 fully saturated rings. The van der Waals surface area contributed by atoms with Crippen molar-refractivity contribution < 1.29 is 14.3 Å². The summed E-state index contributed by atoms with van der Waals surface area (Å²) in [6, 6.07) is 3.38. The fourth-order valence-corrected chi connectivity index (χ4v) is 1.59. The van der Waals surface area contributed by atoms with Crippen LogP contribution >= 0.6 is 0 Å². The highest BCUT2D eigenvalue weighted by molar-refractivity contribution is 5.87. The molecule has 1 heterocycles. The van der Waals surface area contributed by atoms with E-state index in [0.29, 0.717) is 5.76 Å². The topological polar surface area (TPSA) is 62.5 Å². The van der Waals surface area contributed by atoms with Gasteiger partial charge in [0.15, 0.2) is 0 Å². The van der Waals surface area contributed by atoms with Crippen molar-refractivity contribution in [2.24, 2.45) is 0 Å². The van der Waals surface area contributed by atoms with Crippen LogP contribution in [0, 0.1) is 0 Å². The molecule has 1 atom stereocenters. The third kappa shape index (κ3) is 4.75. The van der Waals surface area contributed by atoms with Gasteiger partial charge >= 0.3 is 0 Å². The van der Waals surface area contributed by atoms with Gasteiger partial charge in [-0.1, -0.05) is 24.6 Å². The molecular formula is C15H21NO3. The van der Waals surface area contributed by atoms with Gasteiger partial charge in [0.2, 0.25) is 5.91 Å². The van der Waals surface area contributed by atoms with E-state index in [2.05, 4.69) is 5.32 Å². The van der Waals surface area contributed by atoms with Crippen molar-refractivity contribution in [1.29, 1.82) is 0 Å². The molecule has 0 bridgehead atoms. The molecule has 0 aliphatic heterocycles. The van der Waals surface area contributed by atoms with Gasteiger partial charge in [0.1, 0.15) is 11.4 Å². The normalized spacial score (nSPS) is 15.5. The van der Waals surface area contributed by atoms with Crippen LogP contribution < -0.4 is 5.32 Å². The van der Waals surface area contributed by atoms with Crippen LogP contribution in [0.15, 0.2) is 46.6 Å². The molecule has 0 aliphatic carbocycles. The number of nitrogens with one attached hydrogen (secondary N) is 1. The van der Waals surface area contributed by atoms with Crippen LogP contribution in [0.5, 0.6) is 0 Å². The van der Waals surface area contributed by atoms with Gasteiger partial charge in [-0.05, 0) is 32.4 Å². The molecular weight excluding hydrogens is 242 g/mol. The summed E-state index contributed by atoms with van der Waals surface area (Å²) in [5.41, 5.74) is -0.116. The fraction of sp³-hybridized carbons (Fsp3) is 0.400. The van der Waals surface area contributed by atoms with Gasteiger partial charge in [0.05, 0.1) is 12.8 Å². The van der Waals surface area contributed by atoms with Gasteiger partial charge in [0.25, 0.3) is 0 Å². The first-order valence-corrected chi connectivity index (χ1v) is 6.37. The van der Waals surface area contributed by atoms with E-state index in [-0.39, 0.29) is 12.5 Å². The average Bonchev–Trinajstić information content (AvgIpc) is 2.92. The summed E-state index contributed by atoms with van der Waals surface area (Å²) in [4.78, 5) is 11.6. The van der Waals surface area contributed by atoms with Crippen molar-refractivity contribution in [2.45, 2.75) is 32.8 Å². The third-order valence-corrected chi connectivity index (χ3v) is 2.89. The highest BCUT2D eigenvalue weighted by Crippen LogP contribution is 2.19. The maximum absolute atomic E-state index is 11.6. The van der Waals surface area contributed by atoms with Crippen LogP contribution in [-0.4, -0.2) is 17.6 Å². The first-order chi connectivity index (χ1) is 8.99. The molecule has 0 saturated heterocycles. The molecule has 1 aromatic rings. The molecule has 0 aromatic carbocycles. The van der Waals surface area contributed by atoms with E-state index in [0.717, 1.165) is 12.0 Å². The van der Waals surface area contributed by atoms with Crippen molar-refractivity contribution in [2.75, 3.05) is 6.54 Å².